The number of benzene rings is 1. The van der Waals surface area contributed by atoms with Gasteiger partial charge in [-0.25, -0.2) is 0 Å². The van der Waals surface area contributed by atoms with Gasteiger partial charge in [0.15, 0.2) is 0 Å². The third-order valence-electron chi connectivity index (χ3n) is 1.30. The van der Waals surface area contributed by atoms with Crippen molar-refractivity contribution < 1.29 is 0 Å². The van der Waals surface area contributed by atoms with Crippen LogP contribution in [0, 0.1) is 0 Å². The summed E-state index contributed by atoms with van der Waals surface area (Å²) in [5.41, 5.74) is 3.48. The lowest BCUT2D eigenvalue weighted by molar-refractivity contribution is 1.31. The van der Waals surface area contributed by atoms with Gasteiger partial charge in [0, 0.05) is 10.6 Å². The predicted molar refractivity (Wildman–Crippen MR) is 55.4 cm³/mol. The average Bonchev–Trinajstić information content (AvgIpc) is 2.03. The Kier molecular flexibility index (Phi) is 3.72. The fourth-order valence-electron chi connectivity index (χ4n) is 0.847. The number of alkyl halides is 1. The van der Waals surface area contributed by atoms with E-state index >= 15 is 0 Å². The monoisotopic (exact) mass is 202 g/mol. The number of anilines is 1. The lowest BCUT2D eigenvalue weighted by Gasteiger charge is -2.04. The Morgan fingerprint density at radius 3 is 2.92 bits per heavy atom. The normalized spacial score (nSPS) is 12.6. The summed E-state index contributed by atoms with van der Waals surface area (Å²) in [5, 5.41) is 0. The first kappa shape index (κ1) is 9.71. The van der Waals surface area contributed by atoms with E-state index in [9.17, 15) is 0 Å². The van der Waals surface area contributed by atoms with Gasteiger partial charge >= 0.3 is 0 Å². The van der Waals surface area contributed by atoms with Crippen molar-refractivity contribution in [2.75, 3.05) is 5.43 Å². The minimum Gasteiger partial charge on any atom is -0.324 e. The number of nitrogen functional groups attached to an aromatic ring is 1. The molecule has 0 spiro atoms. The first-order chi connectivity index (χ1) is 5.72. The van der Waals surface area contributed by atoms with Gasteiger partial charge in [0.25, 0.3) is 0 Å². The minimum atomic E-state index is 0.0815. The summed E-state index contributed by atoms with van der Waals surface area (Å²) >= 11 is 7.42. The van der Waals surface area contributed by atoms with Crippen LogP contribution in [0.1, 0.15) is 6.92 Å². The van der Waals surface area contributed by atoms with E-state index in [1.807, 2.05) is 31.2 Å². The van der Waals surface area contributed by atoms with E-state index in [1.165, 1.54) is 0 Å². The molecular formula is C8H11ClN2S. The first-order valence-corrected chi connectivity index (χ1v) is 4.91. The van der Waals surface area contributed by atoms with Crippen LogP contribution in [0.3, 0.4) is 0 Å². The fraction of sp³-hybridized carbons (Fsp3) is 0.250. The molecule has 0 saturated heterocycles. The second-order valence-electron chi connectivity index (χ2n) is 2.33. The van der Waals surface area contributed by atoms with E-state index in [2.05, 4.69) is 5.43 Å². The molecule has 2 nitrogen and oxygen atoms in total. The highest BCUT2D eigenvalue weighted by Gasteiger charge is 1.99. The summed E-state index contributed by atoms with van der Waals surface area (Å²) in [4.78, 5) is 1.12. The van der Waals surface area contributed by atoms with Crippen molar-refractivity contribution in [1.29, 1.82) is 0 Å². The number of hydrogen-bond donors (Lipinski definition) is 2. The van der Waals surface area contributed by atoms with E-state index in [4.69, 9.17) is 17.4 Å². The van der Waals surface area contributed by atoms with Crippen LogP contribution in [0.2, 0.25) is 0 Å². The largest absolute Gasteiger partial charge is 0.324 e. The SMILES string of the molecule is CC(Cl)Sc1cccc(NN)c1. The number of thioether (sulfide) groups is 1. The molecule has 0 aliphatic heterocycles. The third kappa shape index (κ3) is 2.93. The Balaban J connectivity index is 2.72. The standard InChI is InChI=1S/C8H11ClN2S/c1-6(9)12-8-4-2-3-7(5-8)11-10/h2-6,11H,10H2,1H3. The van der Waals surface area contributed by atoms with Crippen molar-refractivity contribution in [3.63, 3.8) is 0 Å². The molecule has 0 heterocycles. The van der Waals surface area contributed by atoms with E-state index in [0.717, 1.165) is 10.6 Å². The average molecular weight is 203 g/mol. The van der Waals surface area contributed by atoms with Gasteiger partial charge in [0.05, 0.1) is 4.71 Å². The van der Waals surface area contributed by atoms with E-state index < -0.39 is 0 Å². The van der Waals surface area contributed by atoms with Crippen molar-refractivity contribution in [2.24, 2.45) is 5.84 Å². The minimum absolute atomic E-state index is 0.0815. The molecule has 1 aromatic rings. The smallest absolute Gasteiger partial charge is 0.0807 e. The molecule has 3 N–H and O–H groups in total. The van der Waals surface area contributed by atoms with Crippen molar-refractivity contribution in [1.82, 2.24) is 0 Å². The van der Waals surface area contributed by atoms with Gasteiger partial charge in [-0.1, -0.05) is 6.07 Å². The van der Waals surface area contributed by atoms with Gasteiger partial charge in [-0.15, -0.1) is 23.4 Å². The number of hydrogen-bond acceptors (Lipinski definition) is 3. The zero-order valence-corrected chi connectivity index (χ0v) is 8.32. The van der Waals surface area contributed by atoms with Crippen LogP contribution in [0.5, 0.6) is 0 Å². The maximum Gasteiger partial charge on any atom is 0.0807 e. The summed E-state index contributed by atoms with van der Waals surface area (Å²) in [5.74, 6) is 5.26. The molecule has 1 unspecified atom stereocenters. The second kappa shape index (κ2) is 4.60. The molecule has 0 aromatic heterocycles. The van der Waals surface area contributed by atoms with Crippen molar-refractivity contribution in [2.45, 2.75) is 16.5 Å². The lowest BCUT2D eigenvalue weighted by Crippen LogP contribution is -2.06. The molecule has 0 radical (unpaired) electrons. The second-order valence-corrected chi connectivity index (χ2v) is 4.66. The number of halogens is 1. The Hall–Kier alpha value is -0.380. The van der Waals surface area contributed by atoms with Crippen molar-refractivity contribution in [3.05, 3.63) is 24.3 Å². The molecule has 1 atom stereocenters. The van der Waals surface area contributed by atoms with Gasteiger partial charge in [-0.2, -0.15) is 0 Å². The highest BCUT2D eigenvalue weighted by Crippen LogP contribution is 2.26. The van der Waals surface area contributed by atoms with Gasteiger partial charge < -0.3 is 5.43 Å². The van der Waals surface area contributed by atoms with Crippen LogP contribution in [0.15, 0.2) is 29.2 Å². The molecular weight excluding hydrogens is 192 g/mol. The summed E-state index contributed by atoms with van der Waals surface area (Å²) in [6.45, 7) is 1.94. The maximum atomic E-state index is 5.82. The first-order valence-electron chi connectivity index (χ1n) is 3.60. The molecule has 1 rings (SSSR count). The summed E-state index contributed by atoms with van der Waals surface area (Å²) in [6, 6.07) is 7.81. The fourth-order valence-corrected chi connectivity index (χ4v) is 1.88. The van der Waals surface area contributed by atoms with Gasteiger partial charge in [0.2, 0.25) is 0 Å². The van der Waals surface area contributed by atoms with E-state index in [1.54, 1.807) is 11.8 Å². The summed E-state index contributed by atoms with van der Waals surface area (Å²) < 4.78 is 0.0815. The van der Waals surface area contributed by atoms with Crippen LogP contribution >= 0.6 is 23.4 Å². The van der Waals surface area contributed by atoms with Crippen LogP contribution in [0.4, 0.5) is 5.69 Å². The van der Waals surface area contributed by atoms with Crippen LogP contribution in [-0.2, 0) is 0 Å². The molecule has 66 valence electrons. The molecule has 0 fully saturated rings. The van der Waals surface area contributed by atoms with Crippen LogP contribution in [0.25, 0.3) is 0 Å². The van der Waals surface area contributed by atoms with Crippen molar-refractivity contribution >= 4 is 29.1 Å². The zero-order valence-electron chi connectivity index (χ0n) is 6.75. The lowest BCUT2D eigenvalue weighted by atomic mass is 10.3. The number of rotatable bonds is 3. The zero-order chi connectivity index (χ0) is 8.97. The summed E-state index contributed by atoms with van der Waals surface area (Å²) in [6.07, 6.45) is 0. The van der Waals surface area contributed by atoms with Gasteiger partial charge in [-0.3, -0.25) is 5.84 Å². The van der Waals surface area contributed by atoms with Crippen molar-refractivity contribution in [3.8, 4) is 0 Å². The highest BCUT2D eigenvalue weighted by molar-refractivity contribution is 8.01. The molecule has 12 heavy (non-hydrogen) atoms. The van der Waals surface area contributed by atoms with Crippen LogP contribution < -0.4 is 11.3 Å². The van der Waals surface area contributed by atoms with Gasteiger partial charge in [0.1, 0.15) is 0 Å². The summed E-state index contributed by atoms with van der Waals surface area (Å²) in [7, 11) is 0. The Morgan fingerprint density at radius 2 is 2.33 bits per heavy atom. The van der Waals surface area contributed by atoms with Crippen LogP contribution in [-0.4, -0.2) is 4.71 Å². The molecule has 0 aliphatic carbocycles. The predicted octanol–water partition coefficient (Wildman–Crippen LogP) is 2.65. The Morgan fingerprint density at radius 1 is 1.58 bits per heavy atom. The number of hydrazine groups is 1. The quantitative estimate of drug-likeness (QED) is 0.343. The topological polar surface area (TPSA) is 38.0 Å². The molecule has 4 heteroatoms. The molecule has 0 amide bonds. The molecule has 0 aliphatic rings. The molecule has 0 saturated carbocycles. The number of nitrogens with two attached hydrogens (primary N) is 1. The molecule has 0 bridgehead atoms. The Labute approximate surface area is 81.4 Å². The highest BCUT2D eigenvalue weighted by atomic mass is 35.5. The Bertz CT molecular complexity index is 253. The van der Waals surface area contributed by atoms with E-state index in [0.29, 0.717) is 0 Å². The third-order valence-corrected chi connectivity index (χ3v) is 2.42. The van der Waals surface area contributed by atoms with Gasteiger partial charge in [-0.05, 0) is 25.1 Å². The van der Waals surface area contributed by atoms with E-state index in [-0.39, 0.29) is 4.71 Å². The number of nitrogens with one attached hydrogen (secondary N) is 1. The molecule has 1 aromatic carbocycles. The maximum absolute atomic E-state index is 5.82.